The molecule has 0 aromatic heterocycles. The Morgan fingerprint density at radius 2 is 2.00 bits per heavy atom. The molecule has 104 valence electrons. The first kappa shape index (κ1) is 14.3. The molecule has 0 heterocycles. The van der Waals surface area contributed by atoms with Gasteiger partial charge in [0, 0.05) is 0 Å². The fourth-order valence-electron chi connectivity index (χ4n) is 1.56. The number of rotatable bonds is 4. The van der Waals surface area contributed by atoms with Gasteiger partial charge in [-0.2, -0.15) is 4.39 Å². The Labute approximate surface area is 122 Å². The number of nitro benzene ring substituents is 1. The number of nitrogens with zero attached hydrogens (tertiary/aromatic N) is 1. The van der Waals surface area contributed by atoms with E-state index in [9.17, 15) is 14.5 Å². The minimum atomic E-state index is -0.947. The van der Waals surface area contributed by atoms with Crippen LogP contribution in [-0.2, 0) is 0 Å². The van der Waals surface area contributed by atoms with Crippen molar-refractivity contribution in [3.8, 4) is 17.2 Å². The SMILES string of the molecule is COc1ccc(Oc2cccc(F)c2[N+](=O)[O-])c(Br)c1. The molecule has 0 radical (unpaired) electrons. The van der Waals surface area contributed by atoms with Crippen LogP contribution in [0.4, 0.5) is 10.1 Å². The molecule has 7 heteroatoms. The molecule has 20 heavy (non-hydrogen) atoms. The zero-order valence-corrected chi connectivity index (χ0v) is 11.9. The molecule has 0 fully saturated rings. The van der Waals surface area contributed by atoms with Gasteiger partial charge in [0.05, 0.1) is 16.5 Å². The van der Waals surface area contributed by atoms with Gasteiger partial charge in [-0.1, -0.05) is 6.07 Å². The molecular formula is C13H9BrFNO4. The maximum atomic E-state index is 13.5. The first-order valence-electron chi connectivity index (χ1n) is 5.47. The van der Waals surface area contributed by atoms with Gasteiger partial charge < -0.3 is 9.47 Å². The topological polar surface area (TPSA) is 61.6 Å². The van der Waals surface area contributed by atoms with E-state index in [1.165, 1.54) is 19.2 Å². The summed E-state index contributed by atoms with van der Waals surface area (Å²) in [6.45, 7) is 0. The summed E-state index contributed by atoms with van der Waals surface area (Å²) >= 11 is 3.26. The minimum absolute atomic E-state index is 0.166. The van der Waals surface area contributed by atoms with Crippen LogP contribution in [0.5, 0.6) is 17.2 Å². The monoisotopic (exact) mass is 341 g/mol. The van der Waals surface area contributed by atoms with Crippen LogP contribution in [-0.4, -0.2) is 12.0 Å². The second kappa shape index (κ2) is 5.87. The first-order valence-corrected chi connectivity index (χ1v) is 6.26. The van der Waals surface area contributed by atoms with Crippen molar-refractivity contribution in [2.75, 3.05) is 7.11 Å². The molecule has 2 aromatic rings. The van der Waals surface area contributed by atoms with Crippen molar-refractivity contribution in [1.82, 2.24) is 0 Å². The number of methoxy groups -OCH3 is 1. The van der Waals surface area contributed by atoms with Gasteiger partial charge >= 0.3 is 5.69 Å². The molecule has 0 spiro atoms. The van der Waals surface area contributed by atoms with Crippen LogP contribution < -0.4 is 9.47 Å². The van der Waals surface area contributed by atoms with E-state index in [1.54, 1.807) is 18.2 Å². The van der Waals surface area contributed by atoms with Crippen molar-refractivity contribution in [3.63, 3.8) is 0 Å². The van der Waals surface area contributed by atoms with Gasteiger partial charge in [-0.05, 0) is 46.3 Å². The third-order valence-electron chi connectivity index (χ3n) is 2.49. The van der Waals surface area contributed by atoms with Gasteiger partial charge in [0.2, 0.25) is 11.6 Å². The van der Waals surface area contributed by atoms with Crippen molar-refractivity contribution < 1.29 is 18.8 Å². The molecule has 0 amide bonds. The number of hydrogen-bond acceptors (Lipinski definition) is 4. The van der Waals surface area contributed by atoms with Crippen LogP contribution in [0.3, 0.4) is 0 Å². The van der Waals surface area contributed by atoms with E-state index < -0.39 is 16.4 Å². The van der Waals surface area contributed by atoms with Crippen LogP contribution in [0.15, 0.2) is 40.9 Å². The van der Waals surface area contributed by atoms with Crippen LogP contribution in [0.25, 0.3) is 0 Å². The molecule has 0 N–H and O–H groups in total. The largest absolute Gasteiger partial charge is 0.497 e. The van der Waals surface area contributed by atoms with E-state index in [2.05, 4.69) is 15.9 Å². The number of nitro groups is 1. The smallest absolute Gasteiger partial charge is 0.346 e. The summed E-state index contributed by atoms with van der Waals surface area (Å²) in [6.07, 6.45) is 0. The molecule has 0 saturated heterocycles. The molecule has 0 unspecified atom stereocenters. The van der Waals surface area contributed by atoms with E-state index in [4.69, 9.17) is 9.47 Å². The predicted molar refractivity (Wildman–Crippen MR) is 73.8 cm³/mol. The molecule has 0 aliphatic rings. The third-order valence-corrected chi connectivity index (χ3v) is 3.11. The molecule has 0 saturated carbocycles. The fourth-order valence-corrected chi connectivity index (χ4v) is 2.00. The molecule has 0 aliphatic carbocycles. The highest BCUT2D eigenvalue weighted by Crippen LogP contribution is 2.37. The van der Waals surface area contributed by atoms with Gasteiger partial charge in [-0.15, -0.1) is 0 Å². The molecule has 0 aliphatic heterocycles. The van der Waals surface area contributed by atoms with Gasteiger partial charge in [-0.25, -0.2) is 0 Å². The Kier molecular flexibility index (Phi) is 4.19. The van der Waals surface area contributed by atoms with Gasteiger partial charge in [-0.3, -0.25) is 10.1 Å². The standard InChI is InChI=1S/C13H9BrFNO4/c1-19-8-5-6-11(9(14)7-8)20-12-4-2-3-10(15)13(12)16(17)18/h2-7H,1H3. The summed E-state index contributed by atoms with van der Waals surface area (Å²) in [5.74, 6) is -0.199. The lowest BCUT2D eigenvalue weighted by Gasteiger charge is -2.09. The lowest BCUT2D eigenvalue weighted by Crippen LogP contribution is -1.97. The maximum Gasteiger partial charge on any atom is 0.346 e. The highest BCUT2D eigenvalue weighted by atomic mass is 79.9. The summed E-state index contributed by atoms with van der Waals surface area (Å²) in [6, 6.07) is 8.52. The van der Waals surface area contributed by atoms with E-state index in [1.807, 2.05) is 0 Å². The number of halogens is 2. The molecule has 2 aromatic carbocycles. The van der Waals surface area contributed by atoms with Crippen molar-refractivity contribution in [3.05, 3.63) is 56.8 Å². The molecule has 0 bridgehead atoms. The second-order valence-corrected chi connectivity index (χ2v) is 4.60. The van der Waals surface area contributed by atoms with Crippen LogP contribution in [0.1, 0.15) is 0 Å². The highest BCUT2D eigenvalue weighted by Gasteiger charge is 2.22. The highest BCUT2D eigenvalue weighted by molar-refractivity contribution is 9.10. The maximum absolute atomic E-state index is 13.5. The Morgan fingerprint density at radius 3 is 2.60 bits per heavy atom. The summed E-state index contributed by atoms with van der Waals surface area (Å²) in [4.78, 5) is 10.1. The van der Waals surface area contributed by atoms with Crippen molar-refractivity contribution in [1.29, 1.82) is 0 Å². The number of para-hydroxylation sites is 1. The van der Waals surface area contributed by atoms with Gasteiger partial charge in [0.25, 0.3) is 0 Å². The summed E-state index contributed by atoms with van der Waals surface area (Å²) < 4.78 is 24.4. The quantitative estimate of drug-likeness (QED) is 0.614. The Hall–Kier alpha value is -2.15. The van der Waals surface area contributed by atoms with Crippen LogP contribution in [0, 0.1) is 15.9 Å². The summed E-state index contributed by atoms with van der Waals surface area (Å²) in [7, 11) is 1.51. The normalized spacial score (nSPS) is 10.2. The molecule has 0 atom stereocenters. The Balaban J connectivity index is 2.40. The van der Waals surface area contributed by atoms with Crippen molar-refractivity contribution in [2.24, 2.45) is 0 Å². The lowest BCUT2D eigenvalue weighted by atomic mass is 10.2. The van der Waals surface area contributed by atoms with Crippen LogP contribution >= 0.6 is 15.9 Å². The second-order valence-electron chi connectivity index (χ2n) is 3.74. The lowest BCUT2D eigenvalue weighted by molar-refractivity contribution is -0.388. The zero-order valence-electron chi connectivity index (χ0n) is 10.3. The average molecular weight is 342 g/mol. The van der Waals surface area contributed by atoms with E-state index in [0.29, 0.717) is 16.0 Å². The Bertz CT molecular complexity index is 663. The van der Waals surface area contributed by atoms with Gasteiger partial charge in [0.1, 0.15) is 11.5 Å². The average Bonchev–Trinajstić information content (AvgIpc) is 2.40. The first-order chi connectivity index (χ1) is 9.52. The van der Waals surface area contributed by atoms with E-state index in [0.717, 1.165) is 6.07 Å². The van der Waals surface area contributed by atoms with E-state index >= 15 is 0 Å². The summed E-state index contributed by atoms with van der Waals surface area (Å²) in [5.41, 5.74) is -0.699. The Morgan fingerprint density at radius 1 is 1.25 bits per heavy atom. The number of hydrogen-bond donors (Lipinski definition) is 0. The number of benzene rings is 2. The fraction of sp³-hybridized carbons (Fsp3) is 0.0769. The van der Waals surface area contributed by atoms with Crippen molar-refractivity contribution in [2.45, 2.75) is 0 Å². The van der Waals surface area contributed by atoms with E-state index in [-0.39, 0.29) is 5.75 Å². The van der Waals surface area contributed by atoms with Crippen molar-refractivity contribution >= 4 is 21.6 Å². The van der Waals surface area contributed by atoms with Crippen LogP contribution in [0.2, 0.25) is 0 Å². The molecule has 5 nitrogen and oxygen atoms in total. The minimum Gasteiger partial charge on any atom is -0.497 e. The number of ether oxygens (including phenoxy) is 2. The zero-order chi connectivity index (χ0) is 14.7. The summed E-state index contributed by atoms with van der Waals surface area (Å²) in [5, 5.41) is 10.9. The predicted octanol–water partition coefficient (Wildman–Crippen LogP) is 4.30. The molecule has 2 rings (SSSR count). The van der Waals surface area contributed by atoms with Gasteiger partial charge in [0.15, 0.2) is 0 Å². The molecular weight excluding hydrogens is 333 g/mol. The third kappa shape index (κ3) is 2.88.